The Morgan fingerprint density at radius 3 is 2.58 bits per heavy atom. The van der Waals surface area contributed by atoms with Gasteiger partial charge in [0.2, 0.25) is 0 Å². The van der Waals surface area contributed by atoms with Gasteiger partial charge in [0.05, 0.1) is 13.2 Å². The molecule has 0 bridgehead atoms. The Morgan fingerprint density at radius 1 is 1.15 bits per heavy atom. The molecule has 7 heteroatoms. The number of hydrogen-bond donors (Lipinski definition) is 4. The van der Waals surface area contributed by atoms with E-state index in [1.165, 1.54) is 31.4 Å². The zero-order valence-electron chi connectivity index (χ0n) is 14.7. The number of hydrogen-bond acceptors (Lipinski definition) is 7. The summed E-state index contributed by atoms with van der Waals surface area (Å²) in [5.74, 6) is -0.615. The molecule has 1 aromatic rings. The number of carbonyl (C=O) groups is 1. The largest absolute Gasteiger partial charge is 0.507 e. The first kappa shape index (κ1) is 20.0. The molecule has 4 atom stereocenters. The molecule has 0 fully saturated rings. The molecule has 2 rings (SSSR count). The van der Waals surface area contributed by atoms with Crippen molar-refractivity contribution in [3.8, 4) is 11.5 Å². The van der Waals surface area contributed by atoms with E-state index in [4.69, 9.17) is 9.47 Å². The topological polar surface area (TPSA) is 116 Å². The number of benzene rings is 1. The first-order chi connectivity index (χ1) is 12.3. The minimum atomic E-state index is -1.35. The second-order valence-corrected chi connectivity index (χ2v) is 6.18. The minimum absolute atomic E-state index is 0.00925. The van der Waals surface area contributed by atoms with Crippen LogP contribution in [0.1, 0.15) is 35.7 Å². The Bertz CT molecular complexity index is 695. The summed E-state index contributed by atoms with van der Waals surface area (Å²) in [6.45, 7) is 1.67. The number of methoxy groups -OCH3 is 1. The van der Waals surface area contributed by atoms with Gasteiger partial charge < -0.3 is 29.9 Å². The lowest BCUT2D eigenvalue weighted by Gasteiger charge is -2.20. The molecule has 0 saturated carbocycles. The van der Waals surface area contributed by atoms with Crippen LogP contribution >= 0.6 is 0 Å². The van der Waals surface area contributed by atoms with Crippen LogP contribution in [0, 0.1) is 0 Å². The van der Waals surface area contributed by atoms with E-state index < -0.39 is 30.4 Å². The van der Waals surface area contributed by atoms with E-state index in [2.05, 4.69) is 0 Å². The first-order valence-electron chi connectivity index (χ1n) is 8.32. The highest BCUT2D eigenvalue weighted by Gasteiger charge is 2.23. The van der Waals surface area contributed by atoms with Gasteiger partial charge in [-0.3, -0.25) is 0 Å². The Morgan fingerprint density at radius 2 is 1.88 bits per heavy atom. The van der Waals surface area contributed by atoms with Gasteiger partial charge in [-0.25, -0.2) is 4.79 Å². The zero-order chi connectivity index (χ0) is 19.3. The fourth-order valence-corrected chi connectivity index (χ4v) is 2.61. The lowest BCUT2D eigenvalue weighted by atomic mass is 10.0. The van der Waals surface area contributed by atoms with Gasteiger partial charge in [0, 0.05) is 12.5 Å². The quantitative estimate of drug-likeness (QED) is 0.439. The third-order valence-electron chi connectivity index (χ3n) is 4.09. The molecule has 0 spiro atoms. The fraction of sp³-hybridized carbons (Fsp3) is 0.421. The monoisotopic (exact) mass is 364 g/mol. The maximum atomic E-state index is 12.5. The predicted molar refractivity (Wildman–Crippen MR) is 95.0 cm³/mol. The second-order valence-electron chi connectivity index (χ2n) is 6.18. The van der Waals surface area contributed by atoms with Gasteiger partial charge in [-0.15, -0.1) is 0 Å². The number of aliphatic hydroxyl groups is 3. The van der Waals surface area contributed by atoms with Gasteiger partial charge in [-0.05, 0) is 25.0 Å². The van der Waals surface area contributed by atoms with Crippen LogP contribution in [0.25, 0.3) is 6.08 Å². The van der Waals surface area contributed by atoms with E-state index in [1.54, 1.807) is 19.1 Å². The van der Waals surface area contributed by atoms with Crippen molar-refractivity contribution < 1.29 is 34.7 Å². The van der Waals surface area contributed by atoms with Crippen molar-refractivity contribution in [3.05, 3.63) is 41.5 Å². The summed E-state index contributed by atoms with van der Waals surface area (Å²) in [4.78, 5) is 12.5. The first-order valence-corrected chi connectivity index (χ1v) is 8.32. The summed E-state index contributed by atoms with van der Waals surface area (Å²) >= 11 is 0. The third-order valence-corrected chi connectivity index (χ3v) is 4.09. The van der Waals surface area contributed by atoms with Gasteiger partial charge in [0.25, 0.3) is 0 Å². The Labute approximate surface area is 151 Å². The van der Waals surface area contributed by atoms with Gasteiger partial charge in [0.1, 0.15) is 35.4 Å². The van der Waals surface area contributed by atoms with Gasteiger partial charge in [0.15, 0.2) is 0 Å². The molecule has 0 radical (unpaired) electrons. The van der Waals surface area contributed by atoms with Crippen LogP contribution in [0.15, 0.2) is 30.4 Å². The molecule has 1 aliphatic heterocycles. The summed E-state index contributed by atoms with van der Waals surface area (Å²) in [5.41, 5.74) is 0.346. The van der Waals surface area contributed by atoms with Crippen molar-refractivity contribution >= 4 is 12.0 Å². The van der Waals surface area contributed by atoms with E-state index in [0.29, 0.717) is 17.7 Å². The lowest BCUT2D eigenvalue weighted by Crippen LogP contribution is -2.35. The molecule has 1 aliphatic rings. The maximum Gasteiger partial charge on any atom is 0.342 e. The lowest BCUT2D eigenvalue weighted by molar-refractivity contribution is -0.0394. The molecule has 1 heterocycles. The van der Waals surface area contributed by atoms with Crippen molar-refractivity contribution in [2.24, 2.45) is 0 Å². The van der Waals surface area contributed by atoms with Crippen LogP contribution < -0.4 is 4.74 Å². The average molecular weight is 364 g/mol. The van der Waals surface area contributed by atoms with Crippen molar-refractivity contribution in [3.63, 3.8) is 0 Å². The van der Waals surface area contributed by atoms with E-state index in [0.717, 1.165) is 0 Å². The molecular formula is C19H24O7. The van der Waals surface area contributed by atoms with Crippen molar-refractivity contribution in [1.29, 1.82) is 0 Å². The minimum Gasteiger partial charge on any atom is -0.507 e. The molecule has 1 aromatic carbocycles. The number of aromatic hydroxyl groups is 1. The number of fused-ring (bicyclic) bond motifs is 1. The number of ether oxygens (including phenoxy) is 2. The molecule has 0 amide bonds. The van der Waals surface area contributed by atoms with E-state index >= 15 is 0 Å². The summed E-state index contributed by atoms with van der Waals surface area (Å²) < 4.78 is 10.4. The molecule has 142 valence electrons. The molecule has 4 N–H and O–H groups in total. The maximum absolute atomic E-state index is 12.5. The SMILES string of the molecule is COc1cc(O)c2c(c1)/C=C/C[C@@H](O)[C@H](O)C(O)/C=C\C[C@H](C)OC2=O. The van der Waals surface area contributed by atoms with Crippen LogP contribution in [0.3, 0.4) is 0 Å². The number of aliphatic hydroxyl groups excluding tert-OH is 3. The Hall–Kier alpha value is -2.35. The second kappa shape index (κ2) is 8.84. The Kier molecular flexibility index (Phi) is 6.79. The van der Waals surface area contributed by atoms with Crippen LogP contribution in [0.2, 0.25) is 0 Å². The van der Waals surface area contributed by atoms with Crippen LogP contribution in [-0.4, -0.2) is 57.9 Å². The third kappa shape index (κ3) is 4.85. The number of cyclic esters (lactones) is 1. The highest BCUT2D eigenvalue weighted by molar-refractivity contribution is 5.97. The molecular weight excluding hydrogens is 340 g/mol. The fourth-order valence-electron chi connectivity index (χ4n) is 2.61. The molecule has 0 aliphatic carbocycles. The van der Waals surface area contributed by atoms with Crippen molar-refractivity contribution in [2.75, 3.05) is 7.11 Å². The number of esters is 1. The number of phenolic OH excluding ortho intramolecular Hbond substituents is 1. The zero-order valence-corrected chi connectivity index (χ0v) is 14.7. The molecule has 0 saturated heterocycles. The van der Waals surface area contributed by atoms with E-state index in [1.807, 2.05) is 0 Å². The molecule has 1 unspecified atom stereocenters. The summed E-state index contributed by atoms with van der Waals surface area (Å²) in [7, 11) is 1.43. The van der Waals surface area contributed by atoms with Crippen molar-refractivity contribution in [1.82, 2.24) is 0 Å². The smallest absolute Gasteiger partial charge is 0.342 e. The molecule has 0 aromatic heterocycles. The van der Waals surface area contributed by atoms with Gasteiger partial charge in [-0.2, -0.15) is 0 Å². The highest BCUT2D eigenvalue weighted by Crippen LogP contribution is 2.30. The molecule has 7 nitrogen and oxygen atoms in total. The summed E-state index contributed by atoms with van der Waals surface area (Å²) in [6.07, 6.45) is 2.00. The normalized spacial score (nSPS) is 29.8. The van der Waals surface area contributed by atoms with Gasteiger partial charge in [-0.1, -0.05) is 24.3 Å². The Balaban J connectivity index is 2.44. The van der Waals surface area contributed by atoms with Crippen LogP contribution in [0.5, 0.6) is 11.5 Å². The number of rotatable bonds is 1. The molecule has 26 heavy (non-hydrogen) atoms. The van der Waals surface area contributed by atoms with Crippen LogP contribution in [-0.2, 0) is 4.74 Å². The predicted octanol–water partition coefficient (Wildman–Crippen LogP) is 1.39. The van der Waals surface area contributed by atoms with Gasteiger partial charge >= 0.3 is 5.97 Å². The number of phenols is 1. The highest BCUT2D eigenvalue weighted by atomic mass is 16.5. The van der Waals surface area contributed by atoms with Crippen molar-refractivity contribution in [2.45, 2.75) is 44.2 Å². The van der Waals surface area contributed by atoms with Crippen LogP contribution in [0.4, 0.5) is 0 Å². The number of carbonyl (C=O) groups excluding carboxylic acids is 1. The van der Waals surface area contributed by atoms with E-state index in [-0.39, 0.29) is 17.7 Å². The van der Waals surface area contributed by atoms with E-state index in [9.17, 15) is 25.2 Å². The average Bonchev–Trinajstić information content (AvgIpc) is 2.59. The standard InChI is InChI=1S/C19H24O7/c1-11-5-3-7-14(20)18(23)15(21)8-4-6-12-9-13(25-2)10-16(22)17(12)19(24)26-11/h3-4,6-7,9-11,14-15,18,20-23H,5,8H2,1-2H3/b6-4+,7-3-/t11-,14?,15+,18+/m0/s1. The summed E-state index contributed by atoms with van der Waals surface area (Å²) in [5, 5.41) is 40.0. The summed E-state index contributed by atoms with van der Waals surface area (Å²) in [6, 6.07) is 2.87.